The van der Waals surface area contributed by atoms with E-state index in [1.54, 1.807) is 13.0 Å². The number of nitrogens with one attached hydrogen (secondary N) is 1. The summed E-state index contributed by atoms with van der Waals surface area (Å²) in [6.07, 6.45) is 2.89. The van der Waals surface area contributed by atoms with Gasteiger partial charge in [-0.05, 0) is 36.9 Å². The number of carbonyl (C=O) groups is 1. The van der Waals surface area contributed by atoms with Gasteiger partial charge in [-0.2, -0.15) is 0 Å². The van der Waals surface area contributed by atoms with E-state index in [0.29, 0.717) is 34.1 Å². The van der Waals surface area contributed by atoms with E-state index in [9.17, 15) is 4.79 Å². The molecule has 0 fully saturated rings. The minimum Gasteiger partial charge on any atom is -0.360 e. The maximum atomic E-state index is 12.7. The molecule has 0 aliphatic heterocycles. The first-order valence-corrected chi connectivity index (χ1v) is 9.56. The number of benzene rings is 2. The predicted molar refractivity (Wildman–Crippen MR) is 111 cm³/mol. The average Bonchev–Trinajstić information content (AvgIpc) is 3.29. The normalized spacial score (nSPS) is 11.1. The van der Waals surface area contributed by atoms with Crippen molar-refractivity contribution >= 4 is 28.4 Å². The van der Waals surface area contributed by atoms with Gasteiger partial charge in [0, 0.05) is 30.4 Å². The van der Waals surface area contributed by atoms with Gasteiger partial charge in [0.15, 0.2) is 0 Å². The zero-order valence-corrected chi connectivity index (χ0v) is 16.2. The van der Waals surface area contributed by atoms with Gasteiger partial charge in [0.2, 0.25) is 0 Å². The molecule has 1 N–H and O–H groups in total. The largest absolute Gasteiger partial charge is 0.360 e. The van der Waals surface area contributed by atoms with Gasteiger partial charge in [-0.3, -0.25) is 4.79 Å². The molecule has 5 nitrogen and oxygen atoms in total. The lowest BCUT2D eigenvalue weighted by atomic mass is 10.1. The number of fused-ring (bicyclic) bond motifs is 1. The zero-order valence-electron chi connectivity index (χ0n) is 15.5. The van der Waals surface area contributed by atoms with Crippen LogP contribution in [0.3, 0.4) is 0 Å². The molecular formula is C22H20ClN3O2. The summed E-state index contributed by atoms with van der Waals surface area (Å²) in [6, 6.07) is 17.7. The van der Waals surface area contributed by atoms with Crippen molar-refractivity contribution in [2.24, 2.45) is 0 Å². The second kappa shape index (κ2) is 7.90. The molecule has 4 rings (SSSR count). The second-order valence-corrected chi connectivity index (χ2v) is 7.03. The van der Waals surface area contributed by atoms with Crippen molar-refractivity contribution < 1.29 is 9.32 Å². The predicted octanol–water partition coefficient (Wildman–Crippen LogP) is 5.08. The molecule has 0 saturated carbocycles. The minimum atomic E-state index is -0.203. The van der Waals surface area contributed by atoms with Gasteiger partial charge in [0.1, 0.15) is 17.0 Å². The molecule has 28 heavy (non-hydrogen) atoms. The van der Waals surface area contributed by atoms with Crippen molar-refractivity contribution in [2.75, 3.05) is 6.54 Å². The van der Waals surface area contributed by atoms with Crippen LogP contribution < -0.4 is 5.32 Å². The smallest absolute Gasteiger partial charge is 0.257 e. The highest BCUT2D eigenvalue weighted by atomic mass is 35.5. The quantitative estimate of drug-likeness (QED) is 0.465. The van der Waals surface area contributed by atoms with Crippen LogP contribution in [-0.4, -0.2) is 22.2 Å². The standard InChI is InChI=1S/C22H20ClN3O2/c1-15-20(21(25-28-15)17-8-3-4-9-18(17)23)22(27)24-12-6-13-26-14-11-16-7-2-5-10-19(16)26/h2-5,7-11,14H,6,12-13H2,1H3,(H,24,27). The number of hydrogen-bond donors (Lipinski definition) is 1. The Morgan fingerprint density at radius 2 is 1.93 bits per heavy atom. The fourth-order valence-corrected chi connectivity index (χ4v) is 3.58. The average molecular weight is 394 g/mol. The highest BCUT2D eigenvalue weighted by Gasteiger charge is 2.22. The SMILES string of the molecule is Cc1onc(-c2ccccc2Cl)c1C(=O)NCCCn1ccc2ccccc21. The van der Waals surface area contributed by atoms with E-state index in [1.165, 1.54) is 10.9 Å². The van der Waals surface area contributed by atoms with Crippen molar-refractivity contribution in [2.45, 2.75) is 19.9 Å². The first-order valence-electron chi connectivity index (χ1n) is 9.18. The molecule has 0 bridgehead atoms. The second-order valence-electron chi connectivity index (χ2n) is 6.62. The molecule has 0 aliphatic rings. The van der Waals surface area contributed by atoms with E-state index in [-0.39, 0.29) is 5.91 Å². The van der Waals surface area contributed by atoms with E-state index in [2.05, 4.69) is 39.4 Å². The summed E-state index contributed by atoms with van der Waals surface area (Å²) in [5.74, 6) is 0.273. The van der Waals surface area contributed by atoms with Crippen LogP contribution in [0.2, 0.25) is 5.02 Å². The number of aryl methyl sites for hydroxylation is 2. The maximum absolute atomic E-state index is 12.7. The lowest BCUT2D eigenvalue weighted by molar-refractivity contribution is 0.0952. The first-order chi connectivity index (χ1) is 13.6. The van der Waals surface area contributed by atoms with Gasteiger partial charge >= 0.3 is 0 Å². The fraction of sp³-hybridized carbons (Fsp3) is 0.182. The van der Waals surface area contributed by atoms with E-state index in [4.69, 9.17) is 16.1 Å². The molecule has 0 aliphatic carbocycles. The van der Waals surface area contributed by atoms with E-state index < -0.39 is 0 Å². The molecule has 0 radical (unpaired) electrons. The highest BCUT2D eigenvalue weighted by Crippen LogP contribution is 2.30. The zero-order chi connectivity index (χ0) is 19.5. The Morgan fingerprint density at radius 3 is 2.79 bits per heavy atom. The molecule has 4 aromatic rings. The number of rotatable bonds is 6. The summed E-state index contributed by atoms with van der Waals surface area (Å²) in [4.78, 5) is 12.7. The topological polar surface area (TPSA) is 60.1 Å². The van der Waals surface area contributed by atoms with E-state index in [0.717, 1.165) is 13.0 Å². The van der Waals surface area contributed by atoms with Crippen LogP contribution >= 0.6 is 11.6 Å². The Labute approximate surface area is 167 Å². The number of halogens is 1. The number of aromatic nitrogens is 2. The van der Waals surface area contributed by atoms with Gasteiger partial charge in [-0.25, -0.2) is 0 Å². The van der Waals surface area contributed by atoms with Crippen LogP contribution in [0, 0.1) is 6.92 Å². The third kappa shape index (κ3) is 3.53. The Balaban J connectivity index is 1.42. The number of para-hydroxylation sites is 1. The van der Waals surface area contributed by atoms with Crippen molar-refractivity contribution in [1.29, 1.82) is 0 Å². The summed E-state index contributed by atoms with van der Waals surface area (Å²) in [6.45, 7) is 3.11. The molecule has 142 valence electrons. The monoisotopic (exact) mass is 393 g/mol. The van der Waals surface area contributed by atoms with Gasteiger partial charge in [0.05, 0.1) is 5.02 Å². The molecule has 0 saturated heterocycles. The number of amides is 1. The van der Waals surface area contributed by atoms with Gasteiger partial charge in [-0.15, -0.1) is 0 Å². The van der Waals surface area contributed by atoms with E-state index >= 15 is 0 Å². The first kappa shape index (κ1) is 18.3. The van der Waals surface area contributed by atoms with Gasteiger partial charge < -0.3 is 14.4 Å². The Bertz CT molecular complexity index is 1130. The van der Waals surface area contributed by atoms with Crippen LogP contribution in [-0.2, 0) is 6.54 Å². The van der Waals surface area contributed by atoms with Gasteiger partial charge in [-0.1, -0.05) is 53.2 Å². The van der Waals surface area contributed by atoms with Crippen LogP contribution in [0.15, 0.2) is 65.3 Å². The number of nitrogens with zero attached hydrogens (tertiary/aromatic N) is 2. The lowest BCUT2D eigenvalue weighted by Crippen LogP contribution is -2.26. The summed E-state index contributed by atoms with van der Waals surface area (Å²) >= 11 is 6.26. The molecule has 2 aromatic carbocycles. The van der Waals surface area contributed by atoms with Crippen LogP contribution in [0.4, 0.5) is 0 Å². The van der Waals surface area contributed by atoms with Crippen LogP contribution in [0.5, 0.6) is 0 Å². The summed E-state index contributed by atoms with van der Waals surface area (Å²) in [5, 5.41) is 8.77. The summed E-state index contributed by atoms with van der Waals surface area (Å²) in [7, 11) is 0. The molecule has 2 aromatic heterocycles. The molecule has 1 amide bonds. The Kier molecular flexibility index (Phi) is 5.17. The van der Waals surface area contributed by atoms with E-state index in [1.807, 2.05) is 30.3 Å². The molecular weight excluding hydrogens is 374 g/mol. The number of hydrogen-bond acceptors (Lipinski definition) is 3. The van der Waals surface area contributed by atoms with Crippen LogP contribution in [0.1, 0.15) is 22.5 Å². The summed E-state index contributed by atoms with van der Waals surface area (Å²) < 4.78 is 7.46. The third-order valence-corrected chi connectivity index (χ3v) is 5.09. The lowest BCUT2D eigenvalue weighted by Gasteiger charge is -2.08. The van der Waals surface area contributed by atoms with Crippen molar-refractivity contribution in [1.82, 2.24) is 15.0 Å². The molecule has 2 heterocycles. The highest BCUT2D eigenvalue weighted by molar-refractivity contribution is 6.33. The fourth-order valence-electron chi connectivity index (χ4n) is 3.35. The summed E-state index contributed by atoms with van der Waals surface area (Å²) in [5.41, 5.74) is 2.78. The molecule has 0 atom stereocenters. The molecule has 0 unspecified atom stereocenters. The van der Waals surface area contributed by atoms with Crippen molar-refractivity contribution in [3.05, 3.63) is 77.1 Å². The van der Waals surface area contributed by atoms with Gasteiger partial charge in [0.25, 0.3) is 5.91 Å². The maximum Gasteiger partial charge on any atom is 0.257 e. The Morgan fingerprint density at radius 1 is 1.14 bits per heavy atom. The van der Waals surface area contributed by atoms with Crippen molar-refractivity contribution in [3.8, 4) is 11.3 Å². The van der Waals surface area contributed by atoms with Crippen LogP contribution in [0.25, 0.3) is 22.2 Å². The Hall–Kier alpha value is -3.05. The number of carbonyl (C=O) groups excluding carboxylic acids is 1. The third-order valence-electron chi connectivity index (χ3n) is 4.76. The molecule has 6 heteroatoms. The minimum absolute atomic E-state index is 0.203. The van der Waals surface area contributed by atoms with Crippen molar-refractivity contribution in [3.63, 3.8) is 0 Å². The molecule has 0 spiro atoms.